The fourth-order valence-corrected chi connectivity index (χ4v) is 2.63. The first-order valence-electron chi connectivity index (χ1n) is 7.10. The summed E-state index contributed by atoms with van der Waals surface area (Å²) in [7, 11) is 0. The number of aromatic nitrogens is 1. The number of rotatable bonds is 2. The average molecular weight is 289 g/mol. The minimum atomic E-state index is -0.232. The highest BCUT2D eigenvalue weighted by molar-refractivity contribution is 5.44. The number of aliphatic hydroxyl groups is 1. The SMILES string of the molecule is N#C[C@H]1N[C@H](CO)[C@@H]1c1ccc(C#Cc2cccnc2)cc1. The Labute approximate surface area is 129 Å². The molecule has 3 rings (SSSR count). The van der Waals surface area contributed by atoms with Crippen LogP contribution < -0.4 is 5.32 Å². The van der Waals surface area contributed by atoms with Gasteiger partial charge in [-0.3, -0.25) is 10.3 Å². The molecule has 1 aliphatic rings. The summed E-state index contributed by atoms with van der Waals surface area (Å²) in [5.74, 6) is 6.19. The van der Waals surface area contributed by atoms with Gasteiger partial charge < -0.3 is 5.11 Å². The van der Waals surface area contributed by atoms with Crippen molar-refractivity contribution < 1.29 is 5.11 Å². The minimum absolute atomic E-state index is 0.0331. The second-order valence-corrected chi connectivity index (χ2v) is 5.20. The van der Waals surface area contributed by atoms with Gasteiger partial charge in [-0.05, 0) is 29.8 Å². The first-order valence-corrected chi connectivity index (χ1v) is 7.10. The van der Waals surface area contributed by atoms with Crippen LogP contribution in [-0.4, -0.2) is 28.8 Å². The van der Waals surface area contributed by atoms with E-state index in [1.165, 1.54) is 0 Å². The molecule has 0 radical (unpaired) electrons. The molecule has 4 nitrogen and oxygen atoms in total. The average Bonchev–Trinajstić information content (AvgIpc) is 2.55. The number of benzene rings is 1. The van der Waals surface area contributed by atoms with Crippen LogP contribution in [0.15, 0.2) is 48.8 Å². The van der Waals surface area contributed by atoms with Crippen LogP contribution >= 0.6 is 0 Å². The van der Waals surface area contributed by atoms with E-state index in [1.54, 1.807) is 12.4 Å². The Morgan fingerprint density at radius 3 is 2.55 bits per heavy atom. The van der Waals surface area contributed by atoms with E-state index in [-0.39, 0.29) is 24.6 Å². The number of nitrogens with one attached hydrogen (secondary N) is 1. The van der Waals surface area contributed by atoms with E-state index in [0.29, 0.717) is 0 Å². The Morgan fingerprint density at radius 2 is 1.91 bits per heavy atom. The lowest BCUT2D eigenvalue weighted by atomic mass is 9.78. The summed E-state index contributed by atoms with van der Waals surface area (Å²) in [4.78, 5) is 4.02. The molecule has 2 heterocycles. The molecule has 4 heteroatoms. The Kier molecular flexibility index (Phi) is 4.16. The van der Waals surface area contributed by atoms with Crippen molar-refractivity contribution in [2.24, 2.45) is 0 Å². The molecular weight excluding hydrogens is 274 g/mol. The molecule has 2 aromatic rings. The molecule has 0 spiro atoms. The molecular formula is C18H15N3O. The molecule has 1 saturated heterocycles. The number of nitriles is 1. The molecule has 0 unspecified atom stereocenters. The van der Waals surface area contributed by atoms with E-state index in [1.807, 2.05) is 36.4 Å². The maximum Gasteiger partial charge on any atom is 0.104 e. The summed E-state index contributed by atoms with van der Waals surface area (Å²) in [6.07, 6.45) is 3.45. The highest BCUT2D eigenvalue weighted by Gasteiger charge is 2.40. The number of pyridine rings is 1. The molecule has 3 atom stereocenters. The Balaban J connectivity index is 1.76. The zero-order valence-corrected chi connectivity index (χ0v) is 11.9. The van der Waals surface area contributed by atoms with Crippen LogP contribution in [0.1, 0.15) is 22.6 Å². The molecule has 0 saturated carbocycles. The van der Waals surface area contributed by atoms with Gasteiger partial charge in [0.05, 0.1) is 12.7 Å². The molecule has 1 aliphatic heterocycles. The summed E-state index contributed by atoms with van der Waals surface area (Å²) in [5.41, 5.74) is 2.84. The fourth-order valence-electron chi connectivity index (χ4n) is 2.63. The topological polar surface area (TPSA) is 68.9 Å². The molecule has 0 aliphatic carbocycles. The second-order valence-electron chi connectivity index (χ2n) is 5.20. The number of hydrogen-bond donors (Lipinski definition) is 2. The van der Waals surface area contributed by atoms with Crippen molar-refractivity contribution in [3.05, 3.63) is 65.5 Å². The van der Waals surface area contributed by atoms with Crippen molar-refractivity contribution >= 4 is 0 Å². The van der Waals surface area contributed by atoms with Crippen LogP contribution in [0.3, 0.4) is 0 Å². The molecule has 1 aromatic carbocycles. The number of nitrogens with zero attached hydrogens (tertiary/aromatic N) is 2. The summed E-state index contributed by atoms with van der Waals surface area (Å²) < 4.78 is 0. The van der Waals surface area contributed by atoms with Crippen molar-refractivity contribution in [3.8, 4) is 17.9 Å². The van der Waals surface area contributed by atoms with E-state index in [4.69, 9.17) is 5.26 Å². The maximum atomic E-state index is 9.30. The Morgan fingerprint density at radius 1 is 1.14 bits per heavy atom. The van der Waals surface area contributed by atoms with Gasteiger partial charge in [-0.15, -0.1) is 0 Å². The summed E-state index contributed by atoms with van der Waals surface area (Å²) in [6, 6.07) is 13.6. The monoisotopic (exact) mass is 289 g/mol. The zero-order valence-electron chi connectivity index (χ0n) is 11.9. The molecule has 0 bridgehead atoms. The minimum Gasteiger partial charge on any atom is -0.395 e. The molecule has 1 fully saturated rings. The zero-order chi connectivity index (χ0) is 15.4. The van der Waals surface area contributed by atoms with Gasteiger partial charge >= 0.3 is 0 Å². The number of hydrogen-bond acceptors (Lipinski definition) is 4. The smallest absolute Gasteiger partial charge is 0.104 e. The van der Waals surface area contributed by atoms with Gasteiger partial charge in [0.2, 0.25) is 0 Å². The third kappa shape index (κ3) is 2.84. The van der Waals surface area contributed by atoms with Crippen LogP contribution in [-0.2, 0) is 0 Å². The van der Waals surface area contributed by atoms with Crippen molar-refractivity contribution in [2.45, 2.75) is 18.0 Å². The van der Waals surface area contributed by atoms with Crippen molar-refractivity contribution in [1.82, 2.24) is 10.3 Å². The van der Waals surface area contributed by atoms with Gasteiger partial charge in [0.15, 0.2) is 0 Å². The van der Waals surface area contributed by atoms with Crippen molar-refractivity contribution in [3.63, 3.8) is 0 Å². The lowest BCUT2D eigenvalue weighted by Gasteiger charge is -2.41. The lowest BCUT2D eigenvalue weighted by molar-refractivity contribution is 0.151. The van der Waals surface area contributed by atoms with E-state index >= 15 is 0 Å². The predicted octanol–water partition coefficient (Wildman–Crippen LogP) is 1.42. The first-order chi connectivity index (χ1) is 10.8. The van der Waals surface area contributed by atoms with Gasteiger partial charge in [-0.2, -0.15) is 5.26 Å². The summed E-state index contributed by atoms with van der Waals surface area (Å²) in [5, 5.41) is 21.4. The van der Waals surface area contributed by atoms with E-state index < -0.39 is 0 Å². The van der Waals surface area contributed by atoms with Gasteiger partial charge in [-0.1, -0.05) is 24.0 Å². The van der Waals surface area contributed by atoms with E-state index in [0.717, 1.165) is 16.7 Å². The molecule has 108 valence electrons. The standard InChI is InChI=1S/C18H15N3O/c19-10-16-18(17(12-22)21-16)15-7-5-13(6-8-15)3-4-14-2-1-9-20-11-14/h1-2,5-9,11,16-18,21-22H,12H2/t16-,17-,18-/m1/s1. The summed E-state index contributed by atoms with van der Waals surface area (Å²) in [6.45, 7) is 0.0331. The van der Waals surface area contributed by atoms with Gasteiger partial charge in [0, 0.05) is 35.5 Å². The van der Waals surface area contributed by atoms with Gasteiger partial charge in [0.1, 0.15) is 6.04 Å². The quantitative estimate of drug-likeness (QED) is 0.821. The van der Waals surface area contributed by atoms with Crippen LogP contribution in [0.4, 0.5) is 0 Å². The predicted molar refractivity (Wildman–Crippen MR) is 82.8 cm³/mol. The Hall–Kier alpha value is -2.66. The summed E-state index contributed by atoms with van der Waals surface area (Å²) >= 11 is 0. The van der Waals surface area contributed by atoms with Crippen LogP contribution in [0, 0.1) is 23.2 Å². The number of aliphatic hydroxyl groups excluding tert-OH is 1. The molecule has 22 heavy (non-hydrogen) atoms. The third-order valence-electron chi connectivity index (χ3n) is 3.83. The normalized spacial score (nSPS) is 22.8. The largest absolute Gasteiger partial charge is 0.395 e. The van der Waals surface area contributed by atoms with Crippen molar-refractivity contribution in [2.75, 3.05) is 6.61 Å². The highest BCUT2D eigenvalue weighted by Crippen LogP contribution is 2.31. The van der Waals surface area contributed by atoms with Crippen LogP contribution in [0.5, 0.6) is 0 Å². The van der Waals surface area contributed by atoms with Crippen LogP contribution in [0.25, 0.3) is 0 Å². The van der Waals surface area contributed by atoms with E-state index in [2.05, 4.69) is 28.2 Å². The third-order valence-corrected chi connectivity index (χ3v) is 3.83. The lowest BCUT2D eigenvalue weighted by Crippen LogP contribution is -2.60. The highest BCUT2D eigenvalue weighted by atomic mass is 16.3. The second kappa shape index (κ2) is 6.41. The van der Waals surface area contributed by atoms with Gasteiger partial charge in [0.25, 0.3) is 0 Å². The molecule has 0 amide bonds. The molecule has 1 aromatic heterocycles. The fraction of sp³-hybridized carbons (Fsp3) is 0.222. The van der Waals surface area contributed by atoms with Crippen molar-refractivity contribution in [1.29, 1.82) is 5.26 Å². The maximum absolute atomic E-state index is 9.30. The van der Waals surface area contributed by atoms with E-state index in [9.17, 15) is 5.11 Å². The van der Waals surface area contributed by atoms with Crippen LogP contribution in [0.2, 0.25) is 0 Å². The Bertz CT molecular complexity index is 738. The molecule has 2 N–H and O–H groups in total. The van der Waals surface area contributed by atoms with Gasteiger partial charge in [-0.25, -0.2) is 0 Å². The first kappa shape index (κ1) is 14.3.